The van der Waals surface area contributed by atoms with Crippen molar-refractivity contribution < 1.29 is 9.53 Å². The monoisotopic (exact) mass is 538 g/mol. The largest absolute Gasteiger partial charge is 0.379 e. The highest BCUT2D eigenvalue weighted by Gasteiger charge is 2.10. The molecule has 0 unspecified atom stereocenters. The Labute approximate surface area is 195 Å². The number of halogens is 1. The van der Waals surface area contributed by atoms with E-state index in [0.717, 1.165) is 56.5 Å². The smallest absolute Gasteiger partial charge is 0.243 e. The summed E-state index contributed by atoms with van der Waals surface area (Å²) >= 11 is 1.65. The number of likely N-dealkylation sites (N-methyl/N-ethyl adjacent to an activating group) is 1. The van der Waals surface area contributed by atoms with Crippen LogP contribution < -0.4 is 10.6 Å². The summed E-state index contributed by atoms with van der Waals surface area (Å²) < 4.78 is 5.38. The molecule has 0 aliphatic carbocycles. The summed E-state index contributed by atoms with van der Waals surface area (Å²) in [5.74, 6) is 1.05. The first kappa shape index (κ1) is 26.1. The second-order valence-electron chi connectivity index (χ2n) is 7.36. The summed E-state index contributed by atoms with van der Waals surface area (Å²) in [4.78, 5) is 24.9. The average molecular weight is 539 g/mol. The molecule has 0 saturated carbocycles. The minimum atomic E-state index is -0.0224. The fourth-order valence-electron chi connectivity index (χ4n) is 2.63. The molecule has 2 rings (SSSR count). The van der Waals surface area contributed by atoms with Crippen LogP contribution in [0.4, 0.5) is 0 Å². The Hall–Kier alpha value is -0.980. The van der Waals surface area contributed by atoms with E-state index < -0.39 is 0 Å². The molecule has 166 valence electrons. The predicted octanol–water partition coefficient (Wildman–Crippen LogP) is 1.73. The van der Waals surface area contributed by atoms with Gasteiger partial charge in [0, 0.05) is 39.1 Å². The number of aromatic nitrogens is 1. The van der Waals surface area contributed by atoms with Crippen LogP contribution >= 0.6 is 35.3 Å². The van der Waals surface area contributed by atoms with E-state index in [0.29, 0.717) is 18.4 Å². The Bertz CT molecular complexity index is 632. The van der Waals surface area contributed by atoms with Crippen molar-refractivity contribution in [1.29, 1.82) is 0 Å². The van der Waals surface area contributed by atoms with Crippen LogP contribution in [-0.4, -0.2) is 86.7 Å². The summed E-state index contributed by atoms with van der Waals surface area (Å²) in [6, 6.07) is 0. The van der Waals surface area contributed by atoms with Crippen molar-refractivity contribution in [2.24, 2.45) is 4.99 Å². The number of guanidine groups is 1. The van der Waals surface area contributed by atoms with Crippen LogP contribution in [0.5, 0.6) is 0 Å². The fourth-order valence-corrected chi connectivity index (χ4v) is 3.52. The molecule has 1 aromatic rings. The molecule has 2 N–H and O–H groups in total. The first-order valence-electron chi connectivity index (χ1n) is 9.92. The summed E-state index contributed by atoms with van der Waals surface area (Å²) in [6.45, 7) is 10.5. The number of nitrogens with zero attached hydrogens (tertiary/aromatic N) is 4. The molecule has 1 amide bonds. The zero-order valence-corrected chi connectivity index (χ0v) is 21.1. The quantitative estimate of drug-likeness (QED) is 0.216. The molecular weight excluding hydrogens is 503 g/mol. The van der Waals surface area contributed by atoms with Gasteiger partial charge in [-0.25, -0.2) is 9.98 Å². The van der Waals surface area contributed by atoms with Crippen LogP contribution in [0.15, 0.2) is 10.4 Å². The third-order valence-corrected chi connectivity index (χ3v) is 5.35. The Morgan fingerprint density at radius 1 is 1.34 bits per heavy atom. The van der Waals surface area contributed by atoms with Crippen molar-refractivity contribution in [2.75, 3.05) is 60.0 Å². The molecule has 0 atom stereocenters. The number of hydrogen-bond acceptors (Lipinski definition) is 6. The van der Waals surface area contributed by atoms with Crippen LogP contribution in [0.2, 0.25) is 0 Å². The Morgan fingerprint density at radius 2 is 2.07 bits per heavy atom. The maximum atomic E-state index is 11.9. The van der Waals surface area contributed by atoms with Gasteiger partial charge in [-0.3, -0.25) is 9.69 Å². The van der Waals surface area contributed by atoms with Crippen molar-refractivity contribution in [1.82, 2.24) is 25.4 Å². The number of ether oxygens (including phenoxy) is 1. The molecule has 0 aromatic carbocycles. The Kier molecular flexibility index (Phi) is 12.7. The molecule has 1 aliphatic heterocycles. The summed E-state index contributed by atoms with van der Waals surface area (Å²) in [7, 11) is 3.48. The average Bonchev–Trinajstić information content (AvgIpc) is 3.16. The SMILES string of the molecule is CC(C)c1csc(CNC(=NCC(=O)N(C)C)NCCCN2CCOCC2)n1.I. The van der Waals surface area contributed by atoms with Crippen LogP contribution in [-0.2, 0) is 16.1 Å². The van der Waals surface area contributed by atoms with Crippen LogP contribution in [0.1, 0.15) is 36.9 Å². The number of carbonyl (C=O) groups is 1. The number of nitrogens with one attached hydrogen (secondary N) is 2. The predicted molar refractivity (Wildman–Crippen MR) is 129 cm³/mol. The van der Waals surface area contributed by atoms with E-state index in [1.165, 1.54) is 0 Å². The van der Waals surface area contributed by atoms with Crippen molar-refractivity contribution in [3.8, 4) is 0 Å². The molecule has 1 saturated heterocycles. The standard InChI is InChI=1S/C19H34N6O2S.HI/c1-15(2)16-14-28-17(23-16)12-21-19(22-13-18(26)24(3)4)20-6-5-7-25-8-10-27-11-9-25;/h14-15H,5-13H2,1-4H3,(H2,20,21,22);1H. The molecule has 29 heavy (non-hydrogen) atoms. The van der Waals surface area contributed by atoms with Gasteiger partial charge in [0.05, 0.1) is 25.5 Å². The van der Waals surface area contributed by atoms with Gasteiger partial charge in [-0.2, -0.15) is 0 Å². The minimum Gasteiger partial charge on any atom is -0.379 e. The number of morpholine rings is 1. The molecule has 0 radical (unpaired) electrons. The highest BCUT2D eigenvalue weighted by Crippen LogP contribution is 2.17. The molecule has 8 nitrogen and oxygen atoms in total. The number of thiazole rings is 1. The van der Waals surface area contributed by atoms with Crippen molar-refractivity contribution in [2.45, 2.75) is 32.7 Å². The van der Waals surface area contributed by atoms with E-state index in [1.54, 1.807) is 30.3 Å². The third kappa shape index (κ3) is 10.1. The van der Waals surface area contributed by atoms with Crippen molar-refractivity contribution >= 4 is 47.2 Å². The Balaban J connectivity index is 0.00000420. The maximum Gasteiger partial charge on any atom is 0.243 e. The van der Waals surface area contributed by atoms with Gasteiger partial charge in [0.15, 0.2) is 5.96 Å². The van der Waals surface area contributed by atoms with Crippen LogP contribution in [0.3, 0.4) is 0 Å². The van der Waals surface area contributed by atoms with E-state index in [2.05, 4.69) is 44.7 Å². The number of rotatable bonds is 9. The lowest BCUT2D eigenvalue weighted by Crippen LogP contribution is -2.41. The van der Waals surface area contributed by atoms with E-state index >= 15 is 0 Å². The normalized spacial score (nSPS) is 15.1. The molecule has 2 heterocycles. The number of carbonyl (C=O) groups excluding carboxylic acids is 1. The summed E-state index contributed by atoms with van der Waals surface area (Å²) in [6.07, 6.45) is 1.01. The zero-order chi connectivity index (χ0) is 20.4. The van der Waals surface area contributed by atoms with E-state index in [4.69, 9.17) is 4.74 Å². The lowest BCUT2D eigenvalue weighted by molar-refractivity contribution is -0.127. The summed E-state index contributed by atoms with van der Waals surface area (Å²) in [5, 5.41) is 9.76. The first-order chi connectivity index (χ1) is 13.5. The molecule has 1 fully saturated rings. The van der Waals surface area contributed by atoms with Gasteiger partial charge in [0.25, 0.3) is 0 Å². The Morgan fingerprint density at radius 3 is 2.69 bits per heavy atom. The molecule has 0 bridgehead atoms. The van der Waals surface area contributed by atoms with Gasteiger partial charge < -0.3 is 20.3 Å². The molecular formula is C19H35IN6O2S. The second kappa shape index (κ2) is 14.1. The fraction of sp³-hybridized carbons (Fsp3) is 0.737. The molecule has 0 spiro atoms. The molecule has 1 aromatic heterocycles. The minimum absolute atomic E-state index is 0. The van der Waals surface area contributed by atoms with Gasteiger partial charge in [0.1, 0.15) is 11.6 Å². The highest BCUT2D eigenvalue weighted by molar-refractivity contribution is 14.0. The van der Waals surface area contributed by atoms with E-state index in [-0.39, 0.29) is 36.4 Å². The molecule has 10 heteroatoms. The second-order valence-corrected chi connectivity index (χ2v) is 8.30. The van der Waals surface area contributed by atoms with Crippen LogP contribution in [0.25, 0.3) is 0 Å². The van der Waals surface area contributed by atoms with Gasteiger partial charge in [-0.05, 0) is 18.9 Å². The van der Waals surface area contributed by atoms with E-state index in [9.17, 15) is 4.79 Å². The first-order valence-corrected chi connectivity index (χ1v) is 10.8. The maximum absolute atomic E-state index is 11.9. The van der Waals surface area contributed by atoms with Gasteiger partial charge in [-0.15, -0.1) is 35.3 Å². The number of aliphatic imine (C=N–C) groups is 1. The van der Waals surface area contributed by atoms with Crippen molar-refractivity contribution in [3.05, 3.63) is 16.1 Å². The van der Waals surface area contributed by atoms with Crippen molar-refractivity contribution in [3.63, 3.8) is 0 Å². The highest BCUT2D eigenvalue weighted by atomic mass is 127. The van der Waals surface area contributed by atoms with Crippen LogP contribution in [0, 0.1) is 0 Å². The summed E-state index contributed by atoms with van der Waals surface area (Å²) in [5.41, 5.74) is 1.11. The van der Waals surface area contributed by atoms with Gasteiger partial charge in [-0.1, -0.05) is 13.8 Å². The third-order valence-electron chi connectivity index (χ3n) is 4.49. The number of amides is 1. The molecule has 1 aliphatic rings. The number of hydrogen-bond donors (Lipinski definition) is 2. The van der Waals surface area contributed by atoms with Gasteiger partial charge in [0.2, 0.25) is 5.91 Å². The lowest BCUT2D eigenvalue weighted by Gasteiger charge is -2.26. The van der Waals surface area contributed by atoms with Gasteiger partial charge >= 0.3 is 0 Å². The zero-order valence-electron chi connectivity index (χ0n) is 17.9. The van der Waals surface area contributed by atoms with E-state index in [1.807, 2.05) is 0 Å². The lowest BCUT2D eigenvalue weighted by atomic mass is 10.2. The topological polar surface area (TPSA) is 82.1 Å².